The Kier molecular flexibility index (Phi) is 4.05. The minimum absolute atomic E-state index is 0.128. The van der Waals surface area contributed by atoms with Crippen LogP contribution in [0, 0.1) is 11.7 Å². The van der Waals surface area contributed by atoms with E-state index in [9.17, 15) is 9.18 Å². The number of rotatable bonds is 2. The molecule has 2 nitrogen and oxygen atoms in total. The van der Waals surface area contributed by atoms with E-state index in [1.54, 1.807) is 11.0 Å². The largest absolute Gasteiger partial charge is 0.338 e. The van der Waals surface area contributed by atoms with E-state index in [-0.39, 0.29) is 11.5 Å². The first-order valence-corrected chi connectivity index (χ1v) is 6.75. The van der Waals surface area contributed by atoms with Gasteiger partial charge >= 0.3 is 0 Å². The van der Waals surface area contributed by atoms with E-state index < -0.39 is 5.82 Å². The minimum atomic E-state index is -0.487. The topological polar surface area (TPSA) is 20.3 Å². The normalized spacial score (nSPS) is 19.7. The van der Waals surface area contributed by atoms with Gasteiger partial charge in [0.1, 0.15) is 5.82 Å². The van der Waals surface area contributed by atoms with Crippen molar-refractivity contribution in [2.75, 3.05) is 19.0 Å². The van der Waals surface area contributed by atoms with E-state index in [1.807, 2.05) is 0 Å². The van der Waals surface area contributed by atoms with Crippen molar-refractivity contribution in [2.45, 2.75) is 6.42 Å². The summed E-state index contributed by atoms with van der Waals surface area (Å²) >= 11 is 8.92. The van der Waals surface area contributed by atoms with Gasteiger partial charge in [-0.25, -0.2) is 4.39 Å². The molecule has 17 heavy (non-hydrogen) atoms. The molecule has 0 bridgehead atoms. The van der Waals surface area contributed by atoms with Gasteiger partial charge in [-0.3, -0.25) is 4.79 Å². The van der Waals surface area contributed by atoms with Crippen molar-refractivity contribution in [3.8, 4) is 0 Å². The molecule has 1 aliphatic rings. The number of nitrogens with zero attached hydrogens (tertiary/aromatic N) is 1. The molecule has 1 amide bonds. The first kappa shape index (κ1) is 12.8. The van der Waals surface area contributed by atoms with Gasteiger partial charge in [0, 0.05) is 23.4 Å². The summed E-state index contributed by atoms with van der Waals surface area (Å²) < 4.78 is 14.3. The van der Waals surface area contributed by atoms with Crippen LogP contribution in [0.1, 0.15) is 16.8 Å². The maximum absolute atomic E-state index is 13.6. The number of hydrogen-bond donors (Lipinski definition) is 0. The van der Waals surface area contributed by atoms with Crippen molar-refractivity contribution in [1.82, 2.24) is 4.90 Å². The second-order valence-electron chi connectivity index (χ2n) is 4.18. The van der Waals surface area contributed by atoms with Crippen molar-refractivity contribution in [2.24, 2.45) is 5.92 Å². The summed E-state index contributed by atoms with van der Waals surface area (Å²) in [5.41, 5.74) is 0.128. The van der Waals surface area contributed by atoms with E-state index in [4.69, 9.17) is 11.6 Å². The smallest absolute Gasteiger partial charge is 0.256 e. The summed E-state index contributed by atoms with van der Waals surface area (Å²) in [6.45, 7) is 1.28. The Balaban J connectivity index is 2.15. The van der Waals surface area contributed by atoms with Gasteiger partial charge in [0.15, 0.2) is 0 Å². The van der Waals surface area contributed by atoms with E-state index in [1.165, 1.54) is 12.1 Å². The van der Waals surface area contributed by atoms with Crippen LogP contribution in [0.4, 0.5) is 4.39 Å². The highest BCUT2D eigenvalue weighted by Gasteiger charge is 2.27. The summed E-state index contributed by atoms with van der Waals surface area (Å²) in [4.78, 5) is 13.7. The lowest BCUT2D eigenvalue weighted by atomic mass is 10.1. The number of amides is 1. The second kappa shape index (κ2) is 5.36. The van der Waals surface area contributed by atoms with E-state index in [0.717, 1.165) is 6.42 Å². The quantitative estimate of drug-likeness (QED) is 0.766. The Bertz CT molecular complexity index is 441. The molecule has 1 aliphatic heterocycles. The lowest BCUT2D eigenvalue weighted by Gasteiger charge is -2.16. The molecule has 0 N–H and O–H groups in total. The molecule has 2 rings (SSSR count). The molecular weight excluding hydrogens is 308 g/mol. The third-order valence-electron chi connectivity index (χ3n) is 2.95. The molecule has 1 aromatic carbocycles. The summed E-state index contributed by atoms with van der Waals surface area (Å²) in [5.74, 6) is 0.146. The van der Waals surface area contributed by atoms with E-state index >= 15 is 0 Å². The molecule has 0 saturated carbocycles. The number of hydrogen-bond acceptors (Lipinski definition) is 1. The molecule has 1 unspecified atom stereocenters. The number of halogens is 3. The summed E-state index contributed by atoms with van der Waals surface area (Å²) in [7, 11) is 0. The zero-order valence-corrected chi connectivity index (χ0v) is 11.5. The molecule has 1 saturated heterocycles. The SMILES string of the molecule is O=C(c1ccc(Br)cc1F)N1CCC(CCl)C1. The van der Waals surface area contributed by atoms with Crippen molar-refractivity contribution in [3.63, 3.8) is 0 Å². The first-order chi connectivity index (χ1) is 8.11. The van der Waals surface area contributed by atoms with Crippen molar-refractivity contribution >= 4 is 33.4 Å². The standard InChI is InChI=1S/C12H12BrClFNO/c13-9-1-2-10(11(15)5-9)12(17)16-4-3-8(6-14)7-16/h1-2,5,8H,3-4,6-7H2. The average Bonchev–Trinajstić information content (AvgIpc) is 2.76. The first-order valence-electron chi connectivity index (χ1n) is 5.42. The van der Waals surface area contributed by atoms with E-state index in [2.05, 4.69) is 15.9 Å². The molecule has 1 fully saturated rings. The lowest BCUT2D eigenvalue weighted by molar-refractivity contribution is 0.0783. The van der Waals surface area contributed by atoms with Crippen LogP contribution in [-0.4, -0.2) is 29.8 Å². The maximum atomic E-state index is 13.6. The van der Waals surface area contributed by atoms with Gasteiger partial charge in [-0.15, -0.1) is 11.6 Å². The van der Waals surface area contributed by atoms with Crippen LogP contribution in [0.5, 0.6) is 0 Å². The summed E-state index contributed by atoms with van der Waals surface area (Å²) in [5, 5.41) is 0. The molecule has 1 heterocycles. The lowest BCUT2D eigenvalue weighted by Crippen LogP contribution is -2.29. The van der Waals surface area contributed by atoms with Gasteiger partial charge in [-0.1, -0.05) is 15.9 Å². The summed E-state index contributed by atoms with van der Waals surface area (Å²) in [6, 6.07) is 4.49. The number of carbonyl (C=O) groups is 1. The highest BCUT2D eigenvalue weighted by molar-refractivity contribution is 9.10. The van der Waals surface area contributed by atoms with Crippen LogP contribution in [-0.2, 0) is 0 Å². The molecule has 0 spiro atoms. The van der Waals surface area contributed by atoms with Crippen LogP contribution in [0.15, 0.2) is 22.7 Å². The minimum Gasteiger partial charge on any atom is -0.338 e. The Morgan fingerprint density at radius 3 is 2.94 bits per heavy atom. The highest BCUT2D eigenvalue weighted by atomic mass is 79.9. The van der Waals surface area contributed by atoms with Gasteiger partial charge in [-0.2, -0.15) is 0 Å². The Labute approximate surface area is 113 Å². The zero-order chi connectivity index (χ0) is 12.4. The third-order valence-corrected chi connectivity index (χ3v) is 3.88. The van der Waals surface area contributed by atoms with Crippen LogP contribution in [0.3, 0.4) is 0 Å². The fourth-order valence-corrected chi connectivity index (χ4v) is 2.56. The highest BCUT2D eigenvalue weighted by Crippen LogP contribution is 2.22. The van der Waals surface area contributed by atoms with Gasteiger partial charge in [-0.05, 0) is 30.5 Å². The number of carbonyl (C=O) groups excluding carboxylic acids is 1. The fraction of sp³-hybridized carbons (Fsp3) is 0.417. The number of alkyl halides is 1. The van der Waals surface area contributed by atoms with Gasteiger partial charge in [0.2, 0.25) is 0 Å². The zero-order valence-electron chi connectivity index (χ0n) is 9.13. The Hall–Kier alpha value is -0.610. The number of likely N-dealkylation sites (tertiary alicyclic amines) is 1. The molecule has 92 valence electrons. The Morgan fingerprint density at radius 2 is 2.35 bits per heavy atom. The van der Waals surface area contributed by atoms with Crippen LogP contribution >= 0.6 is 27.5 Å². The molecule has 0 radical (unpaired) electrons. The van der Waals surface area contributed by atoms with Crippen molar-refractivity contribution in [3.05, 3.63) is 34.1 Å². The number of benzene rings is 1. The van der Waals surface area contributed by atoms with E-state index in [0.29, 0.717) is 29.4 Å². The molecule has 1 atom stereocenters. The van der Waals surface area contributed by atoms with Gasteiger partial charge in [0.25, 0.3) is 5.91 Å². The Morgan fingerprint density at radius 1 is 1.59 bits per heavy atom. The van der Waals surface area contributed by atoms with Gasteiger partial charge in [0.05, 0.1) is 5.56 Å². The third kappa shape index (κ3) is 2.80. The molecular formula is C12H12BrClFNO. The maximum Gasteiger partial charge on any atom is 0.256 e. The van der Waals surface area contributed by atoms with Crippen molar-refractivity contribution < 1.29 is 9.18 Å². The average molecular weight is 321 g/mol. The summed E-state index contributed by atoms with van der Waals surface area (Å²) in [6.07, 6.45) is 0.896. The van der Waals surface area contributed by atoms with Gasteiger partial charge < -0.3 is 4.90 Å². The molecule has 1 aromatic rings. The van der Waals surface area contributed by atoms with Crippen LogP contribution in [0.25, 0.3) is 0 Å². The molecule has 0 aromatic heterocycles. The van der Waals surface area contributed by atoms with Crippen LogP contribution < -0.4 is 0 Å². The predicted octanol–water partition coefficient (Wildman–Crippen LogP) is 3.29. The predicted molar refractivity (Wildman–Crippen MR) is 68.8 cm³/mol. The van der Waals surface area contributed by atoms with Crippen molar-refractivity contribution in [1.29, 1.82) is 0 Å². The van der Waals surface area contributed by atoms with Crippen LogP contribution in [0.2, 0.25) is 0 Å². The fourth-order valence-electron chi connectivity index (χ4n) is 1.98. The molecule has 5 heteroatoms. The monoisotopic (exact) mass is 319 g/mol. The molecule has 0 aliphatic carbocycles. The second-order valence-corrected chi connectivity index (χ2v) is 5.41.